The van der Waals surface area contributed by atoms with Gasteiger partial charge in [-0.05, 0) is 41.5 Å². The van der Waals surface area contributed by atoms with Gasteiger partial charge in [0.05, 0.1) is 11.6 Å². The van der Waals surface area contributed by atoms with Gasteiger partial charge in [0, 0.05) is 17.8 Å². The molecule has 142 valence electrons. The Morgan fingerprint density at radius 3 is 2.56 bits per heavy atom. The maximum Gasteiger partial charge on any atom is 0.290 e. The molecule has 0 saturated heterocycles. The van der Waals surface area contributed by atoms with E-state index < -0.39 is 17.7 Å². The van der Waals surface area contributed by atoms with Crippen LogP contribution < -0.4 is 0 Å². The second kappa shape index (κ2) is 8.05. The number of thiophene rings is 1. The number of benzene rings is 1. The Morgan fingerprint density at radius 1 is 1.26 bits per heavy atom. The minimum atomic E-state index is -0.566. The van der Waals surface area contributed by atoms with Crippen LogP contribution in [0, 0.1) is 11.7 Å². The van der Waals surface area contributed by atoms with Crippen molar-refractivity contribution in [1.82, 2.24) is 4.90 Å². The summed E-state index contributed by atoms with van der Waals surface area (Å²) < 4.78 is 13.1. The molecule has 0 saturated carbocycles. The maximum absolute atomic E-state index is 13.1. The smallest absolute Gasteiger partial charge is 0.290 e. The summed E-state index contributed by atoms with van der Waals surface area (Å²) in [6, 6.07) is 9.28. The number of ketones is 1. The van der Waals surface area contributed by atoms with E-state index >= 15 is 0 Å². The summed E-state index contributed by atoms with van der Waals surface area (Å²) in [4.78, 5) is 27.8. The summed E-state index contributed by atoms with van der Waals surface area (Å²) in [7, 11) is 0. The number of aliphatic hydroxyl groups is 1. The average molecular weight is 387 g/mol. The zero-order valence-corrected chi connectivity index (χ0v) is 16.1. The number of rotatable bonds is 7. The van der Waals surface area contributed by atoms with E-state index in [1.54, 1.807) is 12.1 Å². The molecule has 1 aromatic heterocycles. The highest BCUT2D eigenvalue weighted by atomic mass is 32.1. The van der Waals surface area contributed by atoms with Crippen molar-refractivity contribution in [3.8, 4) is 0 Å². The van der Waals surface area contributed by atoms with Gasteiger partial charge in [0.25, 0.3) is 5.91 Å². The molecule has 0 bridgehead atoms. The Kier molecular flexibility index (Phi) is 5.75. The van der Waals surface area contributed by atoms with Crippen LogP contribution in [0.3, 0.4) is 0 Å². The number of aliphatic hydroxyl groups excluding tert-OH is 1. The minimum Gasteiger partial charge on any atom is -0.503 e. The largest absolute Gasteiger partial charge is 0.503 e. The van der Waals surface area contributed by atoms with Crippen LogP contribution in [0.4, 0.5) is 4.39 Å². The van der Waals surface area contributed by atoms with E-state index in [1.165, 1.54) is 28.4 Å². The third-order valence-corrected chi connectivity index (χ3v) is 5.49. The van der Waals surface area contributed by atoms with Crippen LogP contribution in [-0.4, -0.2) is 28.2 Å². The number of carbonyl (C=O) groups excluding carboxylic acids is 2. The van der Waals surface area contributed by atoms with Gasteiger partial charge in [-0.1, -0.05) is 32.0 Å². The fourth-order valence-electron chi connectivity index (χ4n) is 3.29. The molecular formula is C21H22FNO3S. The van der Waals surface area contributed by atoms with Crippen molar-refractivity contribution in [3.63, 3.8) is 0 Å². The van der Waals surface area contributed by atoms with Crippen molar-refractivity contribution >= 4 is 23.0 Å². The van der Waals surface area contributed by atoms with Crippen LogP contribution in [-0.2, 0) is 16.0 Å². The lowest BCUT2D eigenvalue weighted by molar-refractivity contribution is -0.129. The van der Waals surface area contributed by atoms with Crippen molar-refractivity contribution < 1.29 is 19.1 Å². The van der Waals surface area contributed by atoms with E-state index in [2.05, 4.69) is 0 Å². The Morgan fingerprint density at radius 2 is 1.96 bits per heavy atom. The standard InChI is InChI=1S/C21H22FNO3S/c1-13(2)12-16(24)18-19(17-4-3-11-27-17)23(21(26)20(18)25)10-9-14-5-7-15(22)8-6-14/h3-8,11,13,19,25H,9-10,12H2,1-2H3. The molecule has 1 aliphatic heterocycles. The molecule has 4 nitrogen and oxygen atoms in total. The van der Waals surface area contributed by atoms with Gasteiger partial charge in [-0.2, -0.15) is 0 Å². The minimum absolute atomic E-state index is 0.130. The Bertz CT molecular complexity index is 856. The first-order valence-electron chi connectivity index (χ1n) is 8.93. The fourth-order valence-corrected chi connectivity index (χ4v) is 4.14. The molecule has 0 radical (unpaired) electrons. The van der Waals surface area contributed by atoms with E-state index in [-0.39, 0.29) is 29.5 Å². The van der Waals surface area contributed by atoms with E-state index in [0.717, 1.165) is 10.4 Å². The van der Waals surface area contributed by atoms with Gasteiger partial charge in [-0.15, -0.1) is 11.3 Å². The number of hydrogen-bond acceptors (Lipinski definition) is 4. The molecule has 2 heterocycles. The third-order valence-electron chi connectivity index (χ3n) is 4.57. The predicted octanol–water partition coefficient (Wildman–Crippen LogP) is 4.44. The van der Waals surface area contributed by atoms with Gasteiger partial charge in [0.15, 0.2) is 11.5 Å². The molecule has 0 aliphatic carbocycles. The second-order valence-corrected chi connectivity index (χ2v) is 8.06. The molecule has 1 atom stereocenters. The number of hydrogen-bond donors (Lipinski definition) is 1. The fraction of sp³-hybridized carbons (Fsp3) is 0.333. The number of Topliss-reactive ketones (excluding diaryl/α,β-unsaturated/α-hetero) is 1. The molecule has 1 unspecified atom stereocenters. The summed E-state index contributed by atoms with van der Waals surface area (Å²) in [5, 5.41) is 12.3. The summed E-state index contributed by atoms with van der Waals surface area (Å²) >= 11 is 1.45. The first-order valence-corrected chi connectivity index (χ1v) is 9.81. The van der Waals surface area contributed by atoms with E-state index in [1.807, 2.05) is 31.4 Å². The number of amides is 1. The van der Waals surface area contributed by atoms with Crippen molar-refractivity contribution in [2.24, 2.45) is 5.92 Å². The third kappa shape index (κ3) is 4.11. The van der Waals surface area contributed by atoms with Crippen molar-refractivity contribution in [3.05, 3.63) is 69.4 Å². The van der Waals surface area contributed by atoms with Gasteiger partial charge in [0.1, 0.15) is 5.82 Å². The highest BCUT2D eigenvalue weighted by Crippen LogP contribution is 2.40. The topological polar surface area (TPSA) is 57.6 Å². The molecule has 3 rings (SSSR count). The van der Waals surface area contributed by atoms with E-state index in [4.69, 9.17) is 0 Å². The van der Waals surface area contributed by atoms with Gasteiger partial charge in [-0.3, -0.25) is 9.59 Å². The number of carbonyl (C=O) groups is 2. The van der Waals surface area contributed by atoms with Crippen LogP contribution in [0.25, 0.3) is 0 Å². The van der Waals surface area contributed by atoms with Crippen LogP contribution in [0.1, 0.15) is 36.8 Å². The van der Waals surface area contributed by atoms with Crippen LogP contribution in [0.5, 0.6) is 0 Å². The predicted molar refractivity (Wildman–Crippen MR) is 103 cm³/mol. The Labute approximate surface area is 161 Å². The van der Waals surface area contributed by atoms with Gasteiger partial charge < -0.3 is 10.0 Å². The Balaban J connectivity index is 1.88. The highest BCUT2D eigenvalue weighted by Gasteiger charge is 2.43. The van der Waals surface area contributed by atoms with Gasteiger partial charge >= 0.3 is 0 Å². The van der Waals surface area contributed by atoms with Crippen LogP contribution in [0.2, 0.25) is 0 Å². The quantitative estimate of drug-likeness (QED) is 0.764. The average Bonchev–Trinajstić information content (AvgIpc) is 3.22. The zero-order chi connectivity index (χ0) is 19.6. The summed E-state index contributed by atoms with van der Waals surface area (Å²) in [6.45, 7) is 4.19. The SMILES string of the molecule is CC(C)CC(=O)C1=C(O)C(=O)N(CCc2ccc(F)cc2)C1c1cccs1. The molecule has 1 aliphatic rings. The maximum atomic E-state index is 13.1. The zero-order valence-electron chi connectivity index (χ0n) is 15.3. The summed E-state index contributed by atoms with van der Waals surface area (Å²) in [5.41, 5.74) is 1.07. The molecular weight excluding hydrogens is 365 g/mol. The van der Waals surface area contributed by atoms with Crippen LogP contribution in [0.15, 0.2) is 53.1 Å². The first kappa shape index (κ1) is 19.3. The summed E-state index contributed by atoms with van der Waals surface area (Å²) in [6.07, 6.45) is 0.785. The molecule has 1 amide bonds. The Hall–Kier alpha value is -2.47. The van der Waals surface area contributed by atoms with Gasteiger partial charge in [-0.25, -0.2) is 4.39 Å². The molecule has 0 fully saturated rings. The van der Waals surface area contributed by atoms with Crippen molar-refractivity contribution in [2.45, 2.75) is 32.7 Å². The first-order chi connectivity index (χ1) is 12.9. The normalized spacial score (nSPS) is 17.3. The lowest BCUT2D eigenvalue weighted by Gasteiger charge is -2.26. The number of halogens is 1. The lowest BCUT2D eigenvalue weighted by atomic mass is 9.95. The molecule has 2 aromatic rings. The molecule has 1 N–H and O–H groups in total. The molecule has 6 heteroatoms. The molecule has 27 heavy (non-hydrogen) atoms. The highest BCUT2D eigenvalue weighted by molar-refractivity contribution is 7.10. The van der Waals surface area contributed by atoms with Crippen molar-refractivity contribution in [2.75, 3.05) is 6.54 Å². The molecule has 0 spiro atoms. The van der Waals surface area contributed by atoms with Crippen LogP contribution >= 0.6 is 11.3 Å². The summed E-state index contributed by atoms with van der Waals surface area (Å²) in [5.74, 6) is -1.35. The molecule has 1 aromatic carbocycles. The van der Waals surface area contributed by atoms with Crippen molar-refractivity contribution in [1.29, 1.82) is 0 Å². The second-order valence-electron chi connectivity index (χ2n) is 7.08. The monoisotopic (exact) mass is 387 g/mol. The number of nitrogens with zero attached hydrogens (tertiary/aromatic N) is 1. The van der Waals surface area contributed by atoms with Gasteiger partial charge in [0.2, 0.25) is 0 Å². The lowest BCUT2D eigenvalue weighted by Crippen LogP contribution is -2.32. The van der Waals surface area contributed by atoms with E-state index in [0.29, 0.717) is 13.0 Å². The van der Waals surface area contributed by atoms with E-state index in [9.17, 15) is 19.1 Å².